The molecule has 3 aliphatic rings. The summed E-state index contributed by atoms with van der Waals surface area (Å²) in [4.78, 5) is 116. The fourth-order valence-corrected chi connectivity index (χ4v) is 10.7. The normalized spacial score (nSPS) is 27.3. The maximum Gasteiger partial charge on any atom is 0.407 e. The van der Waals surface area contributed by atoms with Crippen LogP contribution in [0.3, 0.4) is 0 Å². The number of carbonyl (C=O) groups is 8. The summed E-state index contributed by atoms with van der Waals surface area (Å²) < 4.78 is 5.31. The summed E-state index contributed by atoms with van der Waals surface area (Å²) in [6.07, 6.45) is -8.62. The molecule has 0 aliphatic carbocycles. The van der Waals surface area contributed by atoms with Gasteiger partial charge in [-0.05, 0) is 89.5 Å². The molecule has 3 saturated heterocycles. The highest BCUT2D eigenvalue weighted by atomic mass is 16.6. The van der Waals surface area contributed by atoms with Gasteiger partial charge < -0.3 is 93.0 Å². The number of fused-ring (bicyclic) bond motifs is 2. The Morgan fingerprint density at radius 1 is 0.738 bits per heavy atom. The van der Waals surface area contributed by atoms with Crippen molar-refractivity contribution in [3.8, 4) is 5.75 Å². The smallest absolute Gasteiger partial charge is 0.407 e. The number of unbranched alkanes of at least 4 members (excludes halogenated alkanes) is 5. The molecule has 8 unspecified atom stereocenters. The van der Waals surface area contributed by atoms with Crippen LogP contribution >= 0.6 is 0 Å². The van der Waals surface area contributed by atoms with Crippen LogP contribution in [0.25, 0.3) is 0 Å². The Balaban J connectivity index is 1.77. The van der Waals surface area contributed by atoms with E-state index >= 15 is 0 Å². The van der Waals surface area contributed by atoms with Crippen molar-refractivity contribution in [1.82, 2.24) is 47.0 Å². The molecule has 3 heterocycles. The minimum absolute atomic E-state index is 0.0643. The number of benzene rings is 1. The fraction of sp³-hybridized carbons (Fsp3) is 0.754. The van der Waals surface area contributed by atoms with Crippen LogP contribution in [0, 0.1) is 11.8 Å². The fourth-order valence-electron chi connectivity index (χ4n) is 10.7. The van der Waals surface area contributed by atoms with Gasteiger partial charge >= 0.3 is 6.09 Å². The summed E-state index contributed by atoms with van der Waals surface area (Å²) in [5, 5.41) is 108. The largest absolute Gasteiger partial charge is 0.508 e. The molecule has 1 aromatic rings. The second-order valence-electron chi connectivity index (χ2n) is 23.9. The molecule has 8 amide bonds. The van der Waals surface area contributed by atoms with Crippen molar-refractivity contribution in [2.45, 2.75) is 229 Å². The average Bonchev–Trinajstić information content (AvgIpc) is 3.62. The lowest BCUT2D eigenvalue weighted by molar-refractivity contribution is -0.148. The van der Waals surface area contributed by atoms with E-state index in [-0.39, 0.29) is 56.8 Å². The number of phenolic OH excluding ortho intramolecular Hbond substituents is 1. The topological polar surface area (TPSA) is 424 Å². The number of aliphatic hydroxyl groups excluding tert-OH is 7. The van der Waals surface area contributed by atoms with Gasteiger partial charge in [-0.1, -0.05) is 77.8 Å². The number of nitrogens with one attached hydrogen (secondary N) is 7. The Bertz CT molecular complexity index is 2310. The number of carbonyl (C=O) groups excluding carboxylic acids is 8. The van der Waals surface area contributed by atoms with Gasteiger partial charge in [-0.25, -0.2) is 4.79 Å². The maximum atomic E-state index is 14.7. The second kappa shape index (κ2) is 33.8. The molecular formula is C57H96N10O17. The monoisotopic (exact) mass is 1190 g/mol. The van der Waals surface area contributed by atoms with E-state index in [0.717, 1.165) is 67.4 Å². The quantitative estimate of drug-likeness (QED) is 0.0511. The van der Waals surface area contributed by atoms with Crippen LogP contribution in [0.5, 0.6) is 5.75 Å². The number of amides is 8. The van der Waals surface area contributed by atoms with Crippen molar-refractivity contribution in [3.05, 3.63) is 29.8 Å². The summed E-state index contributed by atoms with van der Waals surface area (Å²) >= 11 is 0. The third kappa shape index (κ3) is 21.6. The molecule has 27 heteroatoms. The number of phenols is 1. The summed E-state index contributed by atoms with van der Waals surface area (Å²) in [6, 6.07) is -6.73. The van der Waals surface area contributed by atoms with Crippen LogP contribution in [0.15, 0.2) is 24.3 Å². The molecular weight excluding hydrogens is 1100 g/mol. The van der Waals surface area contributed by atoms with E-state index in [1.165, 1.54) is 18.6 Å². The SMILES string of the molecule is CCC(C)CC(C)CCCCCCCCC(=O)NC1C[C@@H](O)[C@@H](NCCNC(=O)OC(C)(C)C)NC(=O)C2[C@@H](O)CCN2C(=O)C([C@H](O)CCN)NC(=O)C([C@H](O)[C@@H](O)c2ccc(O)cc2)NC(=O)C2C[C@@H](O)CN2C(=O)C([C@@H](C)O)NC1=O. The molecule has 1 aromatic carbocycles. The molecule has 0 spiro atoms. The van der Waals surface area contributed by atoms with E-state index in [1.807, 2.05) is 0 Å². The number of nitrogens with zero attached hydrogens (tertiary/aromatic N) is 2. The van der Waals surface area contributed by atoms with Gasteiger partial charge in [0.25, 0.3) is 0 Å². The molecule has 0 aromatic heterocycles. The first kappa shape index (κ1) is 70.7. The lowest BCUT2D eigenvalue weighted by Crippen LogP contribution is -2.65. The number of nitrogens with two attached hydrogens (primary N) is 1. The Morgan fingerprint density at radius 3 is 1.99 bits per heavy atom. The molecule has 0 saturated carbocycles. The maximum absolute atomic E-state index is 14.7. The van der Waals surface area contributed by atoms with E-state index in [0.29, 0.717) is 24.7 Å². The molecule has 17 N–H and O–H groups in total. The van der Waals surface area contributed by atoms with Crippen molar-refractivity contribution in [1.29, 1.82) is 0 Å². The predicted octanol–water partition coefficient (Wildman–Crippen LogP) is -1.75. The molecule has 4 rings (SSSR count). The predicted molar refractivity (Wildman–Crippen MR) is 305 cm³/mol. The molecule has 0 radical (unpaired) electrons. The van der Waals surface area contributed by atoms with Gasteiger partial charge in [-0.2, -0.15) is 0 Å². The van der Waals surface area contributed by atoms with E-state index in [2.05, 4.69) is 58.0 Å². The Kier molecular flexibility index (Phi) is 28.4. The van der Waals surface area contributed by atoms with Gasteiger partial charge in [-0.3, -0.25) is 38.9 Å². The molecule has 0 bridgehead atoms. The second-order valence-corrected chi connectivity index (χ2v) is 23.9. The van der Waals surface area contributed by atoms with Crippen molar-refractivity contribution in [2.24, 2.45) is 17.6 Å². The molecule has 16 atom stereocenters. The molecule has 3 fully saturated rings. The number of aromatic hydroxyl groups is 1. The third-order valence-corrected chi connectivity index (χ3v) is 15.5. The van der Waals surface area contributed by atoms with E-state index < -0.39 is 158 Å². The molecule has 84 heavy (non-hydrogen) atoms. The number of hydrogen-bond donors (Lipinski definition) is 16. The zero-order chi connectivity index (χ0) is 62.6. The summed E-state index contributed by atoms with van der Waals surface area (Å²) in [6.45, 7) is 11.2. The zero-order valence-electron chi connectivity index (χ0n) is 49.7. The highest BCUT2D eigenvalue weighted by Crippen LogP contribution is 2.27. The van der Waals surface area contributed by atoms with Gasteiger partial charge in [-0.15, -0.1) is 0 Å². The number of ether oxygens (including phenoxy) is 1. The summed E-state index contributed by atoms with van der Waals surface area (Å²) in [7, 11) is 0. The van der Waals surface area contributed by atoms with Crippen LogP contribution < -0.4 is 43.0 Å². The first-order valence-electron chi connectivity index (χ1n) is 29.6. The number of aliphatic hydroxyl groups is 7. The Morgan fingerprint density at radius 2 is 1.36 bits per heavy atom. The lowest BCUT2D eigenvalue weighted by atomic mass is 9.91. The molecule has 3 aliphatic heterocycles. The minimum atomic E-state index is -2.31. The Labute approximate surface area is 491 Å². The standard InChI is InChI=1S/C57H96N10O17/c1-8-31(2)27-32(3)15-13-11-9-10-12-14-16-42(74)61-37-29-41(73)49(59-24-25-60-56(83)84-57(5,6)7)65-53(80)46-40(72)22-26-66(46)55(82)44(39(71)21-23-58)63-52(79)45(48(76)47(75)34-17-19-35(69)20-18-34)64-51(78)38-28-36(70)30-67(38)54(81)43(33(4)68)62-50(37)77/h17-20,31-33,36-41,43-49,59,68-73,75-76H,8-16,21-30,58H2,1-7H3,(H,60,83)(H,61,74)(H,62,77)(H,63,79)(H,64,78)(H,65,80)/t31?,32?,33-,36-,37?,38?,39-,40+,41-,43?,44?,45?,46?,47+,48+,49+/m1/s1. The summed E-state index contributed by atoms with van der Waals surface area (Å²) in [5.41, 5.74) is 4.84. The van der Waals surface area contributed by atoms with Crippen LogP contribution in [-0.2, 0) is 38.3 Å². The van der Waals surface area contributed by atoms with Crippen LogP contribution in [-0.4, -0.2) is 215 Å². The van der Waals surface area contributed by atoms with E-state index in [1.54, 1.807) is 20.8 Å². The highest BCUT2D eigenvalue weighted by Gasteiger charge is 2.49. The van der Waals surface area contributed by atoms with E-state index in [4.69, 9.17) is 10.5 Å². The van der Waals surface area contributed by atoms with Crippen LogP contribution in [0.4, 0.5) is 4.79 Å². The van der Waals surface area contributed by atoms with Crippen molar-refractivity contribution >= 4 is 47.4 Å². The van der Waals surface area contributed by atoms with Crippen LogP contribution in [0.2, 0.25) is 0 Å². The third-order valence-electron chi connectivity index (χ3n) is 15.5. The molecule has 476 valence electrons. The molecule has 27 nitrogen and oxygen atoms in total. The minimum Gasteiger partial charge on any atom is -0.508 e. The summed E-state index contributed by atoms with van der Waals surface area (Å²) in [5.74, 6) is -6.73. The van der Waals surface area contributed by atoms with Gasteiger partial charge in [0.2, 0.25) is 41.4 Å². The average molecular weight is 1190 g/mol. The Hall–Kier alpha value is -5.78. The van der Waals surface area contributed by atoms with Crippen molar-refractivity contribution < 1.29 is 83.9 Å². The van der Waals surface area contributed by atoms with Crippen molar-refractivity contribution in [3.63, 3.8) is 0 Å². The number of hydrogen-bond acceptors (Lipinski definition) is 19. The van der Waals surface area contributed by atoms with Gasteiger partial charge in [0.05, 0.1) is 30.5 Å². The van der Waals surface area contributed by atoms with Gasteiger partial charge in [0, 0.05) is 45.4 Å². The highest BCUT2D eigenvalue weighted by molar-refractivity contribution is 5.98. The number of rotatable bonds is 24. The van der Waals surface area contributed by atoms with Crippen LogP contribution in [0.1, 0.15) is 150 Å². The number of alkyl carbamates (subject to hydrolysis) is 1. The van der Waals surface area contributed by atoms with Crippen molar-refractivity contribution in [2.75, 3.05) is 32.7 Å². The lowest BCUT2D eigenvalue weighted by Gasteiger charge is -2.35. The van der Waals surface area contributed by atoms with Gasteiger partial charge in [0.15, 0.2) is 0 Å². The van der Waals surface area contributed by atoms with E-state index in [9.17, 15) is 79.2 Å². The first-order valence-corrected chi connectivity index (χ1v) is 29.6. The first-order chi connectivity index (χ1) is 39.6. The van der Waals surface area contributed by atoms with Gasteiger partial charge in [0.1, 0.15) is 66.0 Å². The zero-order valence-corrected chi connectivity index (χ0v) is 49.7.